The minimum atomic E-state index is -0.129. The number of hydrogen-bond acceptors (Lipinski definition) is 5. The van der Waals surface area contributed by atoms with Crippen molar-refractivity contribution in [1.82, 2.24) is 4.90 Å². The number of unbranched alkanes of at least 4 members (excludes halogenated alkanes) is 11. The first kappa shape index (κ1) is 33.8. The fourth-order valence-corrected chi connectivity index (χ4v) is 3.73. The standard InChI is InChI=1S/C30H57NO4/c1-5-6-7-8-9-10-11-12-13-14-15-16-17-18-19-22-25-34-27-29(31(2)3)28-35-26-23-20-21-24-30(32)33-4/h9-10,12-13,29H,5-8,11,14-28H2,1-4H3/b10-9-,13-12-. The summed E-state index contributed by atoms with van der Waals surface area (Å²) in [5.41, 5.74) is 0. The van der Waals surface area contributed by atoms with Crippen molar-refractivity contribution in [2.45, 2.75) is 116 Å². The van der Waals surface area contributed by atoms with Crippen molar-refractivity contribution in [3.63, 3.8) is 0 Å². The lowest BCUT2D eigenvalue weighted by Crippen LogP contribution is -2.37. The Morgan fingerprint density at radius 1 is 0.714 bits per heavy atom. The predicted octanol–water partition coefficient (Wildman–Crippen LogP) is 7.50. The van der Waals surface area contributed by atoms with Gasteiger partial charge in [0.1, 0.15) is 0 Å². The Kier molecular flexibility index (Phi) is 26.5. The van der Waals surface area contributed by atoms with E-state index < -0.39 is 0 Å². The first-order valence-corrected chi connectivity index (χ1v) is 14.3. The van der Waals surface area contributed by atoms with E-state index in [1.54, 1.807) is 0 Å². The largest absolute Gasteiger partial charge is 0.469 e. The molecule has 0 fully saturated rings. The summed E-state index contributed by atoms with van der Waals surface area (Å²) in [6, 6.07) is 0.287. The van der Waals surface area contributed by atoms with Gasteiger partial charge in [0.25, 0.3) is 0 Å². The van der Waals surface area contributed by atoms with Crippen LogP contribution < -0.4 is 0 Å². The molecule has 0 aromatic carbocycles. The molecule has 5 heteroatoms. The van der Waals surface area contributed by atoms with Crippen LogP contribution in [0.4, 0.5) is 0 Å². The number of ether oxygens (including phenoxy) is 3. The minimum Gasteiger partial charge on any atom is -0.469 e. The number of likely N-dealkylation sites (N-methyl/N-ethyl adjacent to an activating group) is 1. The monoisotopic (exact) mass is 495 g/mol. The molecule has 0 aliphatic carbocycles. The molecule has 0 spiro atoms. The number of nitrogens with zero attached hydrogens (tertiary/aromatic N) is 1. The zero-order valence-electron chi connectivity index (χ0n) is 23.6. The van der Waals surface area contributed by atoms with Crippen LogP contribution in [0.3, 0.4) is 0 Å². The van der Waals surface area contributed by atoms with E-state index >= 15 is 0 Å². The van der Waals surface area contributed by atoms with Gasteiger partial charge in [-0.25, -0.2) is 0 Å². The molecule has 35 heavy (non-hydrogen) atoms. The van der Waals surface area contributed by atoms with E-state index in [1.165, 1.54) is 71.3 Å². The van der Waals surface area contributed by atoms with Gasteiger partial charge in [0.2, 0.25) is 0 Å². The Hall–Kier alpha value is -1.17. The van der Waals surface area contributed by atoms with Crippen LogP contribution in [0.5, 0.6) is 0 Å². The van der Waals surface area contributed by atoms with Crippen molar-refractivity contribution in [1.29, 1.82) is 0 Å². The third-order valence-electron chi connectivity index (χ3n) is 6.24. The quantitative estimate of drug-likeness (QED) is 0.0706. The van der Waals surface area contributed by atoms with Crippen molar-refractivity contribution in [2.75, 3.05) is 47.6 Å². The number of methoxy groups -OCH3 is 1. The highest BCUT2D eigenvalue weighted by atomic mass is 16.5. The number of allylic oxidation sites excluding steroid dienone is 4. The van der Waals surface area contributed by atoms with E-state index in [2.05, 4.69) is 55.0 Å². The van der Waals surface area contributed by atoms with E-state index in [-0.39, 0.29) is 12.0 Å². The highest BCUT2D eigenvalue weighted by Gasteiger charge is 2.11. The Balaban J connectivity index is 3.48. The lowest BCUT2D eigenvalue weighted by Gasteiger charge is -2.24. The third-order valence-corrected chi connectivity index (χ3v) is 6.24. The molecule has 1 atom stereocenters. The van der Waals surface area contributed by atoms with Gasteiger partial charge in [-0.3, -0.25) is 4.79 Å². The number of esters is 1. The van der Waals surface area contributed by atoms with Crippen LogP contribution in [0, 0.1) is 0 Å². The summed E-state index contributed by atoms with van der Waals surface area (Å²) in [6.45, 7) is 5.23. The van der Waals surface area contributed by atoms with Gasteiger partial charge >= 0.3 is 5.97 Å². The van der Waals surface area contributed by atoms with Crippen LogP contribution in [0.25, 0.3) is 0 Å². The Labute approximate surface area is 217 Å². The molecule has 5 nitrogen and oxygen atoms in total. The number of carbonyl (C=O) groups is 1. The van der Waals surface area contributed by atoms with Crippen LogP contribution in [0.1, 0.15) is 110 Å². The van der Waals surface area contributed by atoms with Crippen molar-refractivity contribution < 1.29 is 19.0 Å². The fraction of sp³-hybridized carbons (Fsp3) is 0.833. The maximum absolute atomic E-state index is 11.1. The molecule has 0 aromatic heterocycles. The molecule has 206 valence electrons. The summed E-state index contributed by atoms with van der Waals surface area (Å²) in [5.74, 6) is -0.129. The number of hydrogen-bond donors (Lipinski definition) is 0. The summed E-state index contributed by atoms with van der Waals surface area (Å²) in [7, 11) is 5.59. The molecule has 1 unspecified atom stereocenters. The Bertz CT molecular complexity index is 505. The molecule has 0 saturated heterocycles. The van der Waals surface area contributed by atoms with Gasteiger partial charge < -0.3 is 19.1 Å². The number of rotatable bonds is 26. The second-order valence-corrected chi connectivity index (χ2v) is 9.74. The summed E-state index contributed by atoms with van der Waals surface area (Å²) < 4.78 is 16.4. The first-order valence-electron chi connectivity index (χ1n) is 14.3. The highest BCUT2D eigenvalue weighted by molar-refractivity contribution is 5.68. The topological polar surface area (TPSA) is 48.0 Å². The van der Waals surface area contributed by atoms with E-state index in [1.807, 2.05) is 0 Å². The number of carbonyl (C=O) groups excluding carboxylic acids is 1. The maximum Gasteiger partial charge on any atom is 0.305 e. The fourth-order valence-electron chi connectivity index (χ4n) is 3.73. The van der Waals surface area contributed by atoms with Gasteiger partial charge in [-0.05, 0) is 65.5 Å². The predicted molar refractivity (Wildman–Crippen MR) is 149 cm³/mol. The molecule has 0 N–H and O–H groups in total. The minimum absolute atomic E-state index is 0.129. The summed E-state index contributed by atoms with van der Waals surface area (Å²) in [6.07, 6.45) is 27.8. The van der Waals surface area contributed by atoms with Gasteiger partial charge in [-0.15, -0.1) is 0 Å². The van der Waals surface area contributed by atoms with Crippen LogP contribution in [0.15, 0.2) is 24.3 Å². The third kappa shape index (κ3) is 25.7. The SMILES string of the molecule is CCCCC/C=C\C/C=C\CCCCCCCCOCC(COCCCCCC(=O)OC)N(C)C. The molecular weight excluding hydrogens is 438 g/mol. The first-order chi connectivity index (χ1) is 17.1. The molecule has 0 bridgehead atoms. The molecule has 0 aliphatic rings. The molecular formula is C30H57NO4. The molecule has 0 heterocycles. The summed E-state index contributed by atoms with van der Waals surface area (Å²) in [4.78, 5) is 13.3. The smallest absolute Gasteiger partial charge is 0.305 e. The van der Waals surface area contributed by atoms with Gasteiger partial charge in [-0.1, -0.05) is 76.2 Å². The van der Waals surface area contributed by atoms with Crippen molar-refractivity contribution in [3.05, 3.63) is 24.3 Å². The van der Waals surface area contributed by atoms with Gasteiger partial charge in [-0.2, -0.15) is 0 Å². The molecule has 0 aliphatic heterocycles. The zero-order chi connectivity index (χ0) is 25.8. The van der Waals surface area contributed by atoms with E-state index in [4.69, 9.17) is 9.47 Å². The van der Waals surface area contributed by atoms with Crippen LogP contribution in [0.2, 0.25) is 0 Å². The van der Waals surface area contributed by atoms with Gasteiger partial charge in [0.15, 0.2) is 0 Å². The average Bonchev–Trinajstić information content (AvgIpc) is 2.85. The van der Waals surface area contributed by atoms with E-state index in [0.29, 0.717) is 13.0 Å². The molecule has 0 rings (SSSR count). The highest BCUT2D eigenvalue weighted by Crippen LogP contribution is 2.09. The van der Waals surface area contributed by atoms with E-state index in [0.717, 1.165) is 51.9 Å². The van der Waals surface area contributed by atoms with Crippen molar-refractivity contribution >= 4 is 5.97 Å². The van der Waals surface area contributed by atoms with Crippen molar-refractivity contribution in [2.24, 2.45) is 0 Å². The van der Waals surface area contributed by atoms with Crippen LogP contribution in [-0.2, 0) is 19.0 Å². The summed E-state index contributed by atoms with van der Waals surface area (Å²) >= 11 is 0. The normalized spacial score (nSPS) is 12.8. The van der Waals surface area contributed by atoms with Crippen LogP contribution >= 0.6 is 0 Å². The average molecular weight is 496 g/mol. The Morgan fingerprint density at radius 3 is 1.77 bits per heavy atom. The van der Waals surface area contributed by atoms with Gasteiger partial charge in [0.05, 0.1) is 26.4 Å². The second-order valence-electron chi connectivity index (χ2n) is 9.74. The van der Waals surface area contributed by atoms with Crippen LogP contribution in [-0.4, -0.2) is 64.5 Å². The zero-order valence-corrected chi connectivity index (χ0v) is 23.6. The molecule has 0 saturated carbocycles. The van der Waals surface area contributed by atoms with Gasteiger partial charge in [0, 0.05) is 19.6 Å². The molecule has 0 amide bonds. The maximum atomic E-state index is 11.1. The second kappa shape index (κ2) is 27.4. The lowest BCUT2D eigenvalue weighted by molar-refractivity contribution is -0.140. The molecule has 0 radical (unpaired) electrons. The lowest BCUT2D eigenvalue weighted by atomic mass is 10.1. The van der Waals surface area contributed by atoms with E-state index in [9.17, 15) is 4.79 Å². The Morgan fingerprint density at radius 2 is 1.23 bits per heavy atom. The summed E-state index contributed by atoms with van der Waals surface area (Å²) in [5, 5.41) is 0. The van der Waals surface area contributed by atoms with Crippen molar-refractivity contribution in [3.8, 4) is 0 Å². The molecule has 0 aromatic rings.